The van der Waals surface area contributed by atoms with E-state index in [2.05, 4.69) is 28.1 Å². The van der Waals surface area contributed by atoms with Gasteiger partial charge < -0.3 is 24.8 Å². The molecule has 1 aliphatic heterocycles. The highest BCUT2D eigenvalue weighted by molar-refractivity contribution is 5.80. The Morgan fingerprint density at radius 3 is 2.52 bits per heavy atom. The third-order valence-electron chi connectivity index (χ3n) is 4.44. The molecular weight excluding hydrogens is 318 g/mol. The van der Waals surface area contributed by atoms with Crippen LogP contribution in [0.5, 0.6) is 0 Å². The van der Waals surface area contributed by atoms with Crippen LogP contribution in [-0.2, 0) is 18.3 Å². The van der Waals surface area contributed by atoms with Gasteiger partial charge in [-0.15, -0.1) is 0 Å². The van der Waals surface area contributed by atoms with Crippen molar-refractivity contribution in [2.75, 3.05) is 31.1 Å². The lowest BCUT2D eigenvalue weighted by Crippen LogP contribution is -2.50. The molecule has 0 aliphatic carbocycles. The van der Waals surface area contributed by atoms with Crippen LogP contribution in [-0.4, -0.2) is 52.3 Å². The van der Waals surface area contributed by atoms with Gasteiger partial charge in [-0.1, -0.05) is 0 Å². The second-order valence-corrected chi connectivity index (χ2v) is 7.42. The second-order valence-electron chi connectivity index (χ2n) is 7.42. The summed E-state index contributed by atoms with van der Waals surface area (Å²) in [5, 5.41) is 0. The molecule has 0 saturated carbocycles. The molecule has 136 valence electrons. The molecule has 0 bridgehead atoms. The van der Waals surface area contributed by atoms with Crippen molar-refractivity contribution >= 4 is 22.8 Å². The molecule has 1 aromatic heterocycles. The van der Waals surface area contributed by atoms with Crippen molar-refractivity contribution in [3.05, 3.63) is 24.0 Å². The van der Waals surface area contributed by atoms with Gasteiger partial charge in [0.1, 0.15) is 11.4 Å². The van der Waals surface area contributed by atoms with Gasteiger partial charge in [0.25, 0.3) is 0 Å². The molecular formula is C18H27N5O2. The second kappa shape index (κ2) is 6.55. The predicted octanol–water partition coefficient (Wildman–Crippen LogP) is 2.09. The van der Waals surface area contributed by atoms with E-state index in [-0.39, 0.29) is 6.09 Å². The van der Waals surface area contributed by atoms with E-state index >= 15 is 0 Å². The fourth-order valence-electron chi connectivity index (χ4n) is 3.09. The van der Waals surface area contributed by atoms with Crippen LogP contribution in [0.1, 0.15) is 26.6 Å². The lowest BCUT2D eigenvalue weighted by atomic mass is 10.2. The molecule has 0 radical (unpaired) electrons. The summed E-state index contributed by atoms with van der Waals surface area (Å²) in [6.07, 6.45) is -0.236. The smallest absolute Gasteiger partial charge is 0.410 e. The Kier molecular flexibility index (Phi) is 4.60. The maximum Gasteiger partial charge on any atom is 0.410 e. The highest BCUT2D eigenvalue weighted by Gasteiger charge is 2.26. The van der Waals surface area contributed by atoms with Gasteiger partial charge in [0.15, 0.2) is 0 Å². The lowest BCUT2D eigenvalue weighted by molar-refractivity contribution is 0.0240. The number of carbonyl (C=O) groups excluding carboxylic acids is 1. The number of hydrogen-bond donors (Lipinski definition) is 1. The molecule has 2 heterocycles. The van der Waals surface area contributed by atoms with E-state index in [9.17, 15) is 4.79 Å². The third kappa shape index (κ3) is 3.71. The number of aromatic nitrogens is 2. The van der Waals surface area contributed by atoms with Gasteiger partial charge >= 0.3 is 6.09 Å². The number of hydrogen-bond acceptors (Lipinski definition) is 5. The average molecular weight is 345 g/mol. The number of carbonyl (C=O) groups is 1. The highest BCUT2D eigenvalue weighted by atomic mass is 16.6. The van der Waals surface area contributed by atoms with Crippen molar-refractivity contribution in [1.82, 2.24) is 14.5 Å². The molecule has 1 amide bonds. The summed E-state index contributed by atoms with van der Waals surface area (Å²) in [5.74, 6) is 0.877. The number of piperazine rings is 1. The first-order chi connectivity index (χ1) is 11.8. The monoisotopic (exact) mass is 345 g/mol. The van der Waals surface area contributed by atoms with Crippen LogP contribution >= 0.6 is 0 Å². The summed E-state index contributed by atoms with van der Waals surface area (Å²) in [4.78, 5) is 20.8. The van der Waals surface area contributed by atoms with Gasteiger partial charge in [-0.3, -0.25) is 0 Å². The molecule has 2 N–H and O–H groups in total. The lowest BCUT2D eigenvalue weighted by Gasteiger charge is -2.36. The summed E-state index contributed by atoms with van der Waals surface area (Å²) in [5.41, 5.74) is 8.44. The fraction of sp³-hybridized carbons (Fsp3) is 0.556. The number of imidazole rings is 1. The molecule has 1 saturated heterocycles. The Labute approximate surface area is 148 Å². The number of amides is 1. The van der Waals surface area contributed by atoms with Crippen molar-refractivity contribution in [3.8, 4) is 0 Å². The SMILES string of the molecule is Cn1c(CN)nc2cc(N3CCN(C(=O)OC(C)(C)C)CC3)ccc21. The Hall–Kier alpha value is -2.28. The predicted molar refractivity (Wildman–Crippen MR) is 98.6 cm³/mol. The summed E-state index contributed by atoms with van der Waals surface area (Å²) >= 11 is 0. The van der Waals surface area contributed by atoms with E-state index < -0.39 is 5.60 Å². The molecule has 7 heteroatoms. The van der Waals surface area contributed by atoms with Crippen molar-refractivity contribution in [2.45, 2.75) is 32.9 Å². The minimum Gasteiger partial charge on any atom is -0.444 e. The number of fused-ring (bicyclic) bond motifs is 1. The Morgan fingerprint density at radius 1 is 1.24 bits per heavy atom. The van der Waals surface area contributed by atoms with Crippen LogP contribution in [0.15, 0.2) is 18.2 Å². The zero-order valence-corrected chi connectivity index (χ0v) is 15.5. The highest BCUT2D eigenvalue weighted by Crippen LogP contribution is 2.24. The van der Waals surface area contributed by atoms with Crippen molar-refractivity contribution in [1.29, 1.82) is 0 Å². The number of nitrogens with zero attached hydrogens (tertiary/aromatic N) is 4. The first-order valence-electron chi connectivity index (χ1n) is 8.67. The largest absolute Gasteiger partial charge is 0.444 e. The zero-order chi connectivity index (χ0) is 18.2. The van der Waals surface area contributed by atoms with E-state index in [4.69, 9.17) is 10.5 Å². The number of aryl methyl sites for hydroxylation is 1. The molecule has 0 atom stereocenters. The number of ether oxygens (including phenoxy) is 1. The van der Waals surface area contributed by atoms with Crippen LogP contribution in [0.25, 0.3) is 11.0 Å². The zero-order valence-electron chi connectivity index (χ0n) is 15.5. The van der Waals surface area contributed by atoms with Crippen LogP contribution < -0.4 is 10.6 Å². The number of anilines is 1. The van der Waals surface area contributed by atoms with E-state index in [1.807, 2.05) is 32.4 Å². The summed E-state index contributed by atoms with van der Waals surface area (Å²) in [6, 6.07) is 6.28. The summed E-state index contributed by atoms with van der Waals surface area (Å²) < 4.78 is 7.48. The molecule has 3 rings (SSSR count). The van der Waals surface area contributed by atoms with Crippen LogP contribution in [0.3, 0.4) is 0 Å². The van der Waals surface area contributed by atoms with E-state index in [0.29, 0.717) is 19.6 Å². The molecule has 25 heavy (non-hydrogen) atoms. The quantitative estimate of drug-likeness (QED) is 0.902. The van der Waals surface area contributed by atoms with Gasteiger partial charge in [0, 0.05) is 38.9 Å². The van der Waals surface area contributed by atoms with Gasteiger partial charge in [0.2, 0.25) is 0 Å². The van der Waals surface area contributed by atoms with E-state index in [1.165, 1.54) is 0 Å². The minimum atomic E-state index is -0.459. The molecule has 7 nitrogen and oxygen atoms in total. The first kappa shape index (κ1) is 17.5. The molecule has 1 aromatic carbocycles. The van der Waals surface area contributed by atoms with Crippen molar-refractivity contribution in [3.63, 3.8) is 0 Å². The number of nitrogens with two attached hydrogens (primary N) is 1. The minimum absolute atomic E-state index is 0.236. The van der Waals surface area contributed by atoms with Crippen LogP contribution in [0, 0.1) is 0 Å². The topological polar surface area (TPSA) is 76.6 Å². The maximum atomic E-state index is 12.2. The summed E-state index contributed by atoms with van der Waals surface area (Å²) in [6.45, 7) is 8.96. The molecule has 1 fully saturated rings. The Balaban J connectivity index is 1.68. The normalized spacial score (nSPS) is 15.7. The molecule has 2 aromatic rings. The van der Waals surface area contributed by atoms with Crippen molar-refractivity contribution < 1.29 is 9.53 Å². The van der Waals surface area contributed by atoms with Gasteiger partial charge in [-0.2, -0.15) is 0 Å². The van der Waals surface area contributed by atoms with Crippen LogP contribution in [0.4, 0.5) is 10.5 Å². The summed E-state index contributed by atoms with van der Waals surface area (Å²) in [7, 11) is 1.98. The number of benzene rings is 1. The Bertz CT molecular complexity index is 770. The van der Waals surface area contributed by atoms with Gasteiger partial charge in [0.05, 0.1) is 17.6 Å². The number of rotatable bonds is 2. The molecule has 1 aliphatic rings. The van der Waals surface area contributed by atoms with Crippen molar-refractivity contribution in [2.24, 2.45) is 12.8 Å². The van der Waals surface area contributed by atoms with Gasteiger partial charge in [-0.05, 0) is 39.0 Å². The van der Waals surface area contributed by atoms with E-state index in [1.54, 1.807) is 4.90 Å². The molecule has 0 unspecified atom stereocenters. The Morgan fingerprint density at radius 2 is 1.92 bits per heavy atom. The van der Waals surface area contributed by atoms with Crippen LogP contribution in [0.2, 0.25) is 0 Å². The first-order valence-corrected chi connectivity index (χ1v) is 8.67. The molecule has 0 spiro atoms. The third-order valence-corrected chi connectivity index (χ3v) is 4.44. The van der Waals surface area contributed by atoms with E-state index in [0.717, 1.165) is 35.6 Å². The standard InChI is InChI=1S/C18H27N5O2/c1-18(2,3)25-17(24)23-9-7-22(8-10-23)13-5-6-15-14(11-13)20-16(12-19)21(15)4/h5-6,11H,7-10,12,19H2,1-4H3. The van der Waals surface area contributed by atoms with Gasteiger partial charge in [-0.25, -0.2) is 9.78 Å². The fourth-order valence-corrected chi connectivity index (χ4v) is 3.09. The maximum absolute atomic E-state index is 12.2. The average Bonchev–Trinajstić information content (AvgIpc) is 2.89.